The third-order valence-corrected chi connectivity index (χ3v) is 4.17. The Morgan fingerprint density at radius 2 is 2.04 bits per heavy atom. The van der Waals surface area contributed by atoms with Gasteiger partial charge in [0.05, 0.1) is 5.52 Å². The van der Waals surface area contributed by atoms with Crippen LogP contribution in [-0.2, 0) is 18.3 Å². The Bertz CT molecular complexity index is 933. The van der Waals surface area contributed by atoms with Crippen molar-refractivity contribution in [1.82, 2.24) is 24.8 Å². The van der Waals surface area contributed by atoms with E-state index in [0.29, 0.717) is 36.3 Å². The summed E-state index contributed by atoms with van der Waals surface area (Å²) in [6.07, 6.45) is 3.27. The number of aromatic nitrogens is 4. The Balaban J connectivity index is 1.69. The van der Waals surface area contributed by atoms with Gasteiger partial charge in [-0.05, 0) is 18.1 Å². The van der Waals surface area contributed by atoms with Crippen molar-refractivity contribution in [2.45, 2.75) is 52.9 Å². The topological polar surface area (TPSA) is 85.3 Å². The van der Waals surface area contributed by atoms with Crippen LogP contribution >= 0.6 is 0 Å². The Morgan fingerprint density at radius 1 is 1.26 bits per heavy atom. The highest BCUT2D eigenvalue weighted by Gasteiger charge is 2.22. The van der Waals surface area contributed by atoms with Crippen LogP contribution in [0, 0.1) is 5.92 Å². The zero-order valence-corrected chi connectivity index (χ0v) is 16.6. The molecule has 0 aromatic carbocycles. The van der Waals surface area contributed by atoms with E-state index in [-0.39, 0.29) is 11.3 Å². The molecule has 0 spiro atoms. The summed E-state index contributed by atoms with van der Waals surface area (Å²) in [5.41, 5.74) is 1.09. The van der Waals surface area contributed by atoms with Crippen LogP contribution in [0.15, 0.2) is 28.9 Å². The van der Waals surface area contributed by atoms with Gasteiger partial charge in [0, 0.05) is 31.0 Å². The molecule has 0 aliphatic heterocycles. The maximum atomic E-state index is 12.7. The molecule has 0 saturated carbocycles. The zero-order chi connectivity index (χ0) is 19.6. The second-order valence-electron chi connectivity index (χ2n) is 8.20. The first-order valence-electron chi connectivity index (χ1n) is 9.33. The van der Waals surface area contributed by atoms with Gasteiger partial charge in [-0.15, -0.1) is 0 Å². The molecule has 0 atom stereocenters. The van der Waals surface area contributed by atoms with E-state index >= 15 is 0 Å². The molecule has 3 heterocycles. The molecular formula is C20H27N5O2. The minimum absolute atomic E-state index is 0.184. The molecule has 27 heavy (non-hydrogen) atoms. The number of nitrogens with zero attached hydrogens (tertiary/aromatic N) is 4. The average Bonchev–Trinajstić information content (AvgIpc) is 3.20. The standard InChI is InChI=1S/C20H27N5O2/c1-13(2)12-16-23-17(14-8-6-7-11-25(14)16)18(26)21-10-9-15-22-19(27-24-15)20(3,4)5/h6-8,11,13H,9-10,12H2,1-5H3,(H,21,26). The van der Waals surface area contributed by atoms with Crippen molar-refractivity contribution in [3.8, 4) is 0 Å². The third kappa shape index (κ3) is 4.35. The highest BCUT2D eigenvalue weighted by Crippen LogP contribution is 2.19. The van der Waals surface area contributed by atoms with Crippen LogP contribution in [-0.4, -0.2) is 32.0 Å². The van der Waals surface area contributed by atoms with E-state index in [1.165, 1.54) is 0 Å². The van der Waals surface area contributed by atoms with Gasteiger partial charge in [-0.2, -0.15) is 4.98 Å². The van der Waals surface area contributed by atoms with Gasteiger partial charge >= 0.3 is 0 Å². The maximum absolute atomic E-state index is 12.7. The van der Waals surface area contributed by atoms with Gasteiger partial charge in [-0.1, -0.05) is 45.8 Å². The van der Waals surface area contributed by atoms with Crippen LogP contribution in [0.1, 0.15) is 62.6 Å². The average molecular weight is 369 g/mol. The van der Waals surface area contributed by atoms with Crippen molar-refractivity contribution in [2.75, 3.05) is 6.54 Å². The molecule has 7 heteroatoms. The Morgan fingerprint density at radius 3 is 2.70 bits per heavy atom. The number of rotatable bonds is 6. The number of carbonyl (C=O) groups excluding carboxylic acids is 1. The molecule has 3 aromatic rings. The minimum Gasteiger partial charge on any atom is -0.350 e. The summed E-state index contributed by atoms with van der Waals surface area (Å²) < 4.78 is 7.27. The molecule has 0 aliphatic carbocycles. The summed E-state index contributed by atoms with van der Waals surface area (Å²) in [7, 11) is 0. The predicted octanol–water partition coefficient (Wildman–Crippen LogP) is 3.19. The molecule has 0 bridgehead atoms. The fourth-order valence-electron chi connectivity index (χ4n) is 2.81. The Labute approximate surface area is 159 Å². The molecule has 0 radical (unpaired) electrons. The highest BCUT2D eigenvalue weighted by atomic mass is 16.5. The van der Waals surface area contributed by atoms with Crippen molar-refractivity contribution >= 4 is 11.4 Å². The quantitative estimate of drug-likeness (QED) is 0.721. The van der Waals surface area contributed by atoms with Gasteiger partial charge in [0.1, 0.15) is 5.82 Å². The molecule has 0 unspecified atom stereocenters. The fraction of sp³-hybridized carbons (Fsp3) is 0.500. The Kier molecular flexibility index (Phi) is 5.30. The first-order chi connectivity index (χ1) is 12.8. The van der Waals surface area contributed by atoms with Gasteiger partial charge in [0.15, 0.2) is 11.5 Å². The lowest BCUT2D eigenvalue weighted by Gasteiger charge is -2.10. The highest BCUT2D eigenvalue weighted by molar-refractivity contribution is 5.99. The summed E-state index contributed by atoms with van der Waals surface area (Å²) in [5.74, 6) is 2.37. The largest absolute Gasteiger partial charge is 0.350 e. The van der Waals surface area contributed by atoms with E-state index in [2.05, 4.69) is 34.3 Å². The third-order valence-electron chi connectivity index (χ3n) is 4.17. The minimum atomic E-state index is -0.187. The molecule has 3 rings (SSSR count). The number of fused-ring (bicyclic) bond motifs is 1. The number of carbonyl (C=O) groups is 1. The summed E-state index contributed by atoms with van der Waals surface area (Å²) in [4.78, 5) is 21.6. The van der Waals surface area contributed by atoms with Crippen LogP contribution in [0.4, 0.5) is 0 Å². The van der Waals surface area contributed by atoms with Gasteiger partial charge in [0.25, 0.3) is 5.91 Å². The Hall–Kier alpha value is -2.70. The molecule has 0 fully saturated rings. The van der Waals surface area contributed by atoms with E-state index in [0.717, 1.165) is 17.8 Å². The van der Waals surface area contributed by atoms with Crippen molar-refractivity contribution in [2.24, 2.45) is 5.92 Å². The monoisotopic (exact) mass is 369 g/mol. The van der Waals surface area contributed by atoms with Crippen molar-refractivity contribution in [3.05, 3.63) is 47.6 Å². The molecule has 7 nitrogen and oxygen atoms in total. The lowest BCUT2D eigenvalue weighted by Crippen LogP contribution is -2.26. The smallest absolute Gasteiger partial charge is 0.272 e. The molecule has 1 N–H and O–H groups in total. The maximum Gasteiger partial charge on any atom is 0.272 e. The number of pyridine rings is 1. The summed E-state index contributed by atoms with van der Waals surface area (Å²) >= 11 is 0. The molecule has 1 amide bonds. The van der Waals surface area contributed by atoms with Crippen LogP contribution in [0.3, 0.4) is 0 Å². The van der Waals surface area contributed by atoms with Gasteiger partial charge < -0.3 is 14.2 Å². The van der Waals surface area contributed by atoms with Crippen molar-refractivity contribution in [1.29, 1.82) is 0 Å². The van der Waals surface area contributed by atoms with Crippen LogP contribution in [0.2, 0.25) is 0 Å². The van der Waals surface area contributed by atoms with E-state index in [9.17, 15) is 4.79 Å². The SMILES string of the molecule is CC(C)Cc1nc(C(=O)NCCc2noc(C(C)(C)C)n2)c2ccccn12. The summed E-state index contributed by atoms with van der Waals surface area (Å²) in [6.45, 7) is 10.8. The second-order valence-corrected chi connectivity index (χ2v) is 8.20. The zero-order valence-electron chi connectivity index (χ0n) is 16.6. The summed E-state index contributed by atoms with van der Waals surface area (Å²) in [5, 5.41) is 6.90. The van der Waals surface area contributed by atoms with Gasteiger partial charge in [-0.25, -0.2) is 4.98 Å². The molecule has 0 aliphatic rings. The molecule has 144 valence electrons. The number of amides is 1. The van der Waals surface area contributed by atoms with Crippen LogP contribution in [0.25, 0.3) is 5.52 Å². The number of nitrogens with one attached hydrogen (secondary N) is 1. The van der Waals surface area contributed by atoms with Crippen molar-refractivity contribution in [3.63, 3.8) is 0 Å². The number of hydrogen-bond donors (Lipinski definition) is 1. The van der Waals surface area contributed by atoms with E-state index in [4.69, 9.17) is 4.52 Å². The first kappa shape index (κ1) is 19.1. The normalized spacial score (nSPS) is 12.1. The lowest BCUT2D eigenvalue weighted by atomic mass is 9.97. The fourth-order valence-corrected chi connectivity index (χ4v) is 2.81. The predicted molar refractivity (Wildman–Crippen MR) is 103 cm³/mol. The molecule has 0 saturated heterocycles. The van der Waals surface area contributed by atoms with Gasteiger partial charge in [0.2, 0.25) is 5.89 Å². The second kappa shape index (κ2) is 7.50. The number of hydrogen-bond acceptors (Lipinski definition) is 5. The summed E-state index contributed by atoms with van der Waals surface area (Å²) in [6, 6.07) is 5.78. The van der Waals surface area contributed by atoms with Gasteiger partial charge in [-0.3, -0.25) is 4.79 Å². The molecular weight excluding hydrogens is 342 g/mol. The van der Waals surface area contributed by atoms with Crippen LogP contribution < -0.4 is 5.32 Å². The number of imidazole rings is 1. The molecule has 3 aromatic heterocycles. The van der Waals surface area contributed by atoms with Crippen molar-refractivity contribution < 1.29 is 9.32 Å². The van der Waals surface area contributed by atoms with Crippen LogP contribution in [0.5, 0.6) is 0 Å². The lowest BCUT2D eigenvalue weighted by molar-refractivity contribution is 0.0951. The first-order valence-corrected chi connectivity index (χ1v) is 9.33. The van der Waals surface area contributed by atoms with E-state index in [1.54, 1.807) is 0 Å². The van der Waals surface area contributed by atoms with E-state index < -0.39 is 0 Å². The van der Waals surface area contributed by atoms with E-state index in [1.807, 2.05) is 49.6 Å².